The van der Waals surface area contributed by atoms with Crippen LogP contribution in [0.1, 0.15) is 22.3 Å². The predicted molar refractivity (Wildman–Crippen MR) is 225 cm³/mol. The molecule has 0 fully saturated rings. The summed E-state index contributed by atoms with van der Waals surface area (Å²) in [6.07, 6.45) is 0. The van der Waals surface area contributed by atoms with E-state index in [0.717, 1.165) is 50.0 Å². The number of furan rings is 1. The third kappa shape index (κ3) is 4.18. The van der Waals surface area contributed by atoms with Gasteiger partial charge >= 0.3 is 0 Å². The molecule has 0 saturated carbocycles. The molecule has 0 unspecified atom stereocenters. The Kier molecular flexibility index (Phi) is 6.26. The van der Waals surface area contributed by atoms with E-state index in [1.807, 2.05) is 12.1 Å². The summed E-state index contributed by atoms with van der Waals surface area (Å²) in [7, 11) is 0. The molecule has 10 aromatic rings. The number of rotatable bonds is 4. The van der Waals surface area contributed by atoms with Crippen LogP contribution in [-0.2, 0) is 5.41 Å². The molecular weight excluding hydrogens is 669 g/mol. The lowest BCUT2D eigenvalue weighted by Crippen LogP contribution is -2.26. The number of benzene rings is 8. The minimum atomic E-state index is -0.436. The number of hydrogen-bond acceptors (Lipinski definition) is 3. The molecule has 8 aromatic carbocycles. The zero-order valence-corrected chi connectivity index (χ0v) is 29.8. The number of hydrogen-bond donors (Lipinski definition) is 0. The third-order valence-electron chi connectivity index (χ3n) is 11.9. The van der Waals surface area contributed by atoms with Crippen LogP contribution in [0.3, 0.4) is 0 Å². The maximum absolute atomic E-state index is 6.61. The maximum Gasteiger partial charge on any atom is 0.154 e. The zero-order chi connectivity index (χ0) is 36.1. The van der Waals surface area contributed by atoms with Crippen LogP contribution >= 0.6 is 0 Å². The Morgan fingerprint density at radius 3 is 1.80 bits per heavy atom. The fraction of sp³-hybridized carbons (Fsp3) is 0.0192. The van der Waals surface area contributed by atoms with Crippen molar-refractivity contribution in [3.05, 3.63) is 216 Å². The lowest BCUT2D eigenvalue weighted by Gasteiger charge is -2.31. The summed E-state index contributed by atoms with van der Waals surface area (Å²) in [6.45, 7) is 0. The predicted octanol–water partition coefficient (Wildman–Crippen LogP) is 13.6. The van der Waals surface area contributed by atoms with Crippen LogP contribution in [-0.4, -0.2) is 4.98 Å². The van der Waals surface area contributed by atoms with Crippen molar-refractivity contribution >= 4 is 50.0 Å². The van der Waals surface area contributed by atoms with E-state index in [4.69, 9.17) is 9.40 Å². The molecule has 0 amide bonds. The Morgan fingerprint density at radius 2 is 1.04 bits per heavy atom. The van der Waals surface area contributed by atoms with Gasteiger partial charge in [0, 0.05) is 33.8 Å². The average molecular weight is 701 g/mol. The number of aromatic nitrogens is 1. The summed E-state index contributed by atoms with van der Waals surface area (Å²) < 4.78 is 6.61. The Hall–Kier alpha value is -7.23. The molecule has 0 radical (unpaired) electrons. The van der Waals surface area contributed by atoms with Crippen LogP contribution in [0.2, 0.25) is 0 Å². The molecule has 256 valence electrons. The molecule has 3 nitrogen and oxygen atoms in total. The van der Waals surface area contributed by atoms with Crippen molar-refractivity contribution < 1.29 is 4.42 Å². The SMILES string of the molecule is c1ccc(-c2ccc(N(c3ccc4c(c3)oc3cc5ccccc5nc34)c3cccc4c3-c3ccccc3C43c4ccccc4-c4ccccc43)cc2)cc1. The van der Waals surface area contributed by atoms with Crippen LogP contribution in [0, 0.1) is 0 Å². The van der Waals surface area contributed by atoms with E-state index in [0.29, 0.717) is 0 Å². The fourth-order valence-electron chi connectivity index (χ4n) is 9.59. The molecule has 2 aromatic heterocycles. The van der Waals surface area contributed by atoms with Gasteiger partial charge in [-0.05, 0) is 92.5 Å². The largest absolute Gasteiger partial charge is 0.454 e. The zero-order valence-electron chi connectivity index (χ0n) is 29.8. The molecule has 0 saturated heterocycles. The molecule has 55 heavy (non-hydrogen) atoms. The van der Waals surface area contributed by atoms with Crippen LogP contribution in [0.5, 0.6) is 0 Å². The number of para-hydroxylation sites is 1. The molecule has 2 heterocycles. The summed E-state index contributed by atoms with van der Waals surface area (Å²) in [6, 6.07) is 70.3. The molecule has 0 atom stereocenters. The van der Waals surface area contributed by atoms with E-state index < -0.39 is 5.41 Å². The van der Waals surface area contributed by atoms with Gasteiger partial charge in [0.15, 0.2) is 5.58 Å². The van der Waals surface area contributed by atoms with Crippen LogP contribution < -0.4 is 4.90 Å². The maximum atomic E-state index is 6.61. The molecule has 3 heteroatoms. The standard InChI is InChI=1S/C52H32N2O/c1-2-13-33(14-3-1)34-25-27-36(28-26-34)54(37-29-30-41-48(32-37)55-49-31-35-15-4-11-23-46(35)53-51(41)49)47-24-12-22-45-50(47)40-18-7-10-21-44(40)52(45)42-19-8-5-16-38(42)39-17-6-9-20-43(39)52/h1-32H. The molecular formula is C52H32N2O. The molecule has 2 aliphatic carbocycles. The Balaban J connectivity index is 1.12. The van der Waals surface area contributed by atoms with Gasteiger partial charge in [0.05, 0.1) is 16.6 Å². The number of fused-ring (bicyclic) bond motifs is 14. The molecule has 1 spiro atoms. The monoisotopic (exact) mass is 700 g/mol. The molecule has 0 aliphatic heterocycles. The summed E-state index contributed by atoms with van der Waals surface area (Å²) in [5.74, 6) is 0. The first-order valence-corrected chi connectivity index (χ1v) is 18.9. The highest BCUT2D eigenvalue weighted by atomic mass is 16.3. The van der Waals surface area contributed by atoms with Crippen LogP contribution in [0.25, 0.3) is 66.4 Å². The van der Waals surface area contributed by atoms with Gasteiger partial charge in [-0.3, -0.25) is 0 Å². The highest BCUT2D eigenvalue weighted by Gasteiger charge is 2.52. The fourth-order valence-corrected chi connectivity index (χ4v) is 9.59. The highest BCUT2D eigenvalue weighted by molar-refractivity contribution is 6.08. The van der Waals surface area contributed by atoms with E-state index >= 15 is 0 Å². The van der Waals surface area contributed by atoms with Gasteiger partial charge in [-0.2, -0.15) is 0 Å². The number of anilines is 3. The number of pyridine rings is 1. The van der Waals surface area contributed by atoms with Crippen molar-refractivity contribution in [2.24, 2.45) is 0 Å². The van der Waals surface area contributed by atoms with E-state index in [9.17, 15) is 0 Å². The van der Waals surface area contributed by atoms with Crippen molar-refractivity contribution in [1.29, 1.82) is 0 Å². The van der Waals surface area contributed by atoms with Gasteiger partial charge in [-0.25, -0.2) is 4.98 Å². The van der Waals surface area contributed by atoms with Gasteiger partial charge in [0.1, 0.15) is 11.1 Å². The van der Waals surface area contributed by atoms with Crippen LogP contribution in [0.4, 0.5) is 17.1 Å². The summed E-state index contributed by atoms with van der Waals surface area (Å²) in [4.78, 5) is 7.45. The second-order valence-electron chi connectivity index (χ2n) is 14.6. The molecule has 0 N–H and O–H groups in total. The van der Waals surface area contributed by atoms with Gasteiger partial charge < -0.3 is 9.32 Å². The smallest absolute Gasteiger partial charge is 0.154 e. The molecule has 2 aliphatic rings. The Labute approximate surface area is 318 Å². The normalized spacial score (nSPS) is 13.2. The van der Waals surface area contributed by atoms with Crippen molar-refractivity contribution in [3.63, 3.8) is 0 Å². The first kappa shape index (κ1) is 30.3. The first-order chi connectivity index (χ1) is 27.3. The summed E-state index contributed by atoms with van der Waals surface area (Å²) in [5.41, 5.74) is 19.0. The lowest BCUT2D eigenvalue weighted by atomic mass is 9.70. The quantitative estimate of drug-likeness (QED) is 0.183. The van der Waals surface area contributed by atoms with Crippen molar-refractivity contribution in [1.82, 2.24) is 4.98 Å². The topological polar surface area (TPSA) is 29.3 Å². The van der Waals surface area contributed by atoms with Crippen LogP contribution in [0.15, 0.2) is 199 Å². The molecule has 12 rings (SSSR count). The minimum absolute atomic E-state index is 0.436. The van der Waals surface area contributed by atoms with Crippen molar-refractivity contribution in [2.45, 2.75) is 5.41 Å². The second kappa shape index (κ2) is 11.4. The Morgan fingerprint density at radius 1 is 0.436 bits per heavy atom. The first-order valence-electron chi connectivity index (χ1n) is 18.9. The van der Waals surface area contributed by atoms with Gasteiger partial charge in [0.25, 0.3) is 0 Å². The van der Waals surface area contributed by atoms with Gasteiger partial charge in [0.2, 0.25) is 0 Å². The van der Waals surface area contributed by atoms with Crippen molar-refractivity contribution in [2.75, 3.05) is 4.90 Å². The minimum Gasteiger partial charge on any atom is -0.454 e. The van der Waals surface area contributed by atoms with E-state index in [1.54, 1.807) is 0 Å². The third-order valence-corrected chi connectivity index (χ3v) is 11.9. The highest BCUT2D eigenvalue weighted by Crippen LogP contribution is 2.64. The van der Waals surface area contributed by atoms with E-state index in [2.05, 4.69) is 187 Å². The summed E-state index contributed by atoms with van der Waals surface area (Å²) >= 11 is 0. The summed E-state index contributed by atoms with van der Waals surface area (Å²) in [5, 5.41) is 2.07. The van der Waals surface area contributed by atoms with E-state index in [-0.39, 0.29) is 0 Å². The Bertz CT molecular complexity index is 3110. The lowest BCUT2D eigenvalue weighted by molar-refractivity contribution is 0.669. The van der Waals surface area contributed by atoms with Gasteiger partial charge in [-0.1, -0.05) is 146 Å². The van der Waals surface area contributed by atoms with E-state index in [1.165, 1.54) is 55.6 Å². The second-order valence-corrected chi connectivity index (χ2v) is 14.6. The molecule has 0 bridgehead atoms. The number of nitrogens with zero attached hydrogens (tertiary/aromatic N) is 2. The van der Waals surface area contributed by atoms with Gasteiger partial charge in [-0.15, -0.1) is 0 Å². The average Bonchev–Trinajstić information content (AvgIpc) is 3.87. The van der Waals surface area contributed by atoms with Crippen molar-refractivity contribution in [3.8, 4) is 33.4 Å².